The molecule has 0 unspecified atom stereocenters. The second-order valence-corrected chi connectivity index (χ2v) is 7.25. The van der Waals surface area contributed by atoms with Crippen molar-refractivity contribution in [2.75, 3.05) is 6.54 Å². The summed E-state index contributed by atoms with van der Waals surface area (Å²) in [5.41, 5.74) is 4.75. The lowest BCUT2D eigenvalue weighted by molar-refractivity contribution is 0.356. The molecular weight excluding hydrogens is 374 g/mol. The molecule has 1 aromatic heterocycles. The number of benzene rings is 2. The number of fused-ring (bicyclic) bond motifs is 1. The van der Waals surface area contributed by atoms with Crippen LogP contribution in [0.15, 0.2) is 65.3 Å². The van der Waals surface area contributed by atoms with Gasteiger partial charge < -0.3 is 9.88 Å². The molecule has 3 aromatic rings. The molecule has 3 nitrogen and oxygen atoms in total. The van der Waals surface area contributed by atoms with Crippen LogP contribution in [0.25, 0.3) is 17.5 Å². The average molecular weight is 394 g/mol. The zero-order chi connectivity index (χ0) is 17.1. The maximum Gasteiger partial charge on any atom is 0.138 e. The Hall–Kier alpha value is -2.33. The SMILES string of the molecule is Brc1cccc(-c2nc3c([nH]2)CN(CCCc2ccccc2)C=C3)c1. The molecule has 0 aliphatic carbocycles. The minimum Gasteiger partial charge on any atom is -0.371 e. The van der Waals surface area contributed by atoms with Gasteiger partial charge in [-0.05, 0) is 36.6 Å². The number of halogens is 1. The van der Waals surface area contributed by atoms with Gasteiger partial charge in [-0.1, -0.05) is 58.4 Å². The number of aromatic amines is 1. The van der Waals surface area contributed by atoms with Gasteiger partial charge in [0.15, 0.2) is 0 Å². The lowest BCUT2D eigenvalue weighted by atomic mass is 10.1. The van der Waals surface area contributed by atoms with Crippen LogP contribution < -0.4 is 0 Å². The number of hydrogen-bond donors (Lipinski definition) is 1. The molecule has 0 fully saturated rings. The monoisotopic (exact) mass is 393 g/mol. The van der Waals surface area contributed by atoms with Gasteiger partial charge in [0.25, 0.3) is 0 Å². The highest BCUT2D eigenvalue weighted by molar-refractivity contribution is 9.10. The van der Waals surface area contributed by atoms with Crippen LogP contribution in [-0.2, 0) is 13.0 Å². The zero-order valence-corrected chi connectivity index (χ0v) is 15.5. The van der Waals surface area contributed by atoms with Gasteiger partial charge in [0.2, 0.25) is 0 Å². The van der Waals surface area contributed by atoms with Crippen LogP contribution in [0, 0.1) is 0 Å². The van der Waals surface area contributed by atoms with Crippen molar-refractivity contribution in [3.05, 3.63) is 82.2 Å². The van der Waals surface area contributed by atoms with Crippen molar-refractivity contribution < 1.29 is 0 Å². The number of hydrogen-bond acceptors (Lipinski definition) is 2. The van der Waals surface area contributed by atoms with E-state index in [1.807, 2.05) is 12.1 Å². The average Bonchev–Trinajstić information content (AvgIpc) is 3.06. The quantitative estimate of drug-likeness (QED) is 0.640. The summed E-state index contributed by atoms with van der Waals surface area (Å²) < 4.78 is 1.07. The van der Waals surface area contributed by atoms with Crippen LogP contribution in [0.2, 0.25) is 0 Å². The Balaban J connectivity index is 1.40. The highest BCUT2D eigenvalue weighted by Gasteiger charge is 2.16. The Kier molecular flexibility index (Phi) is 4.70. The van der Waals surface area contributed by atoms with E-state index in [1.165, 1.54) is 11.3 Å². The topological polar surface area (TPSA) is 31.9 Å². The maximum atomic E-state index is 4.73. The number of nitrogens with one attached hydrogen (secondary N) is 1. The van der Waals surface area contributed by atoms with Gasteiger partial charge in [0.1, 0.15) is 5.82 Å². The Morgan fingerprint density at radius 2 is 1.96 bits per heavy atom. The molecule has 0 atom stereocenters. The van der Waals surface area contributed by atoms with E-state index in [1.54, 1.807) is 0 Å². The predicted octanol–water partition coefficient (Wildman–Crippen LogP) is 5.26. The lowest BCUT2D eigenvalue weighted by Crippen LogP contribution is -2.21. The molecule has 1 aliphatic heterocycles. The van der Waals surface area contributed by atoms with E-state index in [2.05, 4.69) is 80.6 Å². The molecule has 1 N–H and O–H groups in total. The third-order valence-corrected chi connectivity index (χ3v) is 4.96. The summed E-state index contributed by atoms with van der Waals surface area (Å²) in [6.45, 7) is 1.94. The lowest BCUT2D eigenvalue weighted by Gasteiger charge is -2.22. The predicted molar refractivity (Wildman–Crippen MR) is 106 cm³/mol. The van der Waals surface area contributed by atoms with Crippen LogP contribution in [0.4, 0.5) is 0 Å². The van der Waals surface area contributed by atoms with Crippen molar-refractivity contribution in [1.82, 2.24) is 14.9 Å². The largest absolute Gasteiger partial charge is 0.371 e. The molecule has 0 amide bonds. The molecule has 126 valence electrons. The van der Waals surface area contributed by atoms with Gasteiger partial charge in [0.05, 0.1) is 17.9 Å². The van der Waals surface area contributed by atoms with Crippen molar-refractivity contribution in [3.8, 4) is 11.4 Å². The molecule has 4 heteroatoms. The Labute approximate surface area is 156 Å². The summed E-state index contributed by atoms with van der Waals surface area (Å²) in [4.78, 5) is 10.6. The van der Waals surface area contributed by atoms with Crippen molar-refractivity contribution in [2.24, 2.45) is 0 Å². The third-order valence-electron chi connectivity index (χ3n) is 4.47. The first kappa shape index (κ1) is 16.2. The molecule has 0 saturated carbocycles. The Bertz CT molecular complexity index is 883. The third kappa shape index (κ3) is 3.85. The van der Waals surface area contributed by atoms with Crippen LogP contribution in [-0.4, -0.2) is 21.4 Å². The molecule has 4 rings (SSSR count). The molecule has 25 heavy (non-hydrogen) atoms. The number of aromatic nitrogens is 2. The van der Waals surface area contributed by atoms with Crippen LogP contribution in [0.3, 0.4) is 0 Å². The Morgan fingerprint density at radius 1 is 1.08 bits per heavy atom. The minimum absolute atomic E-state index is 0.891. The van der Waals surface area contributed by atoms with E-state index >= 15 is 0 Å². The fourth-order valence-electron chi connectivity index (χ4n) is 3.17. The molecule has 2 aromatic carbocycles. The second kappa shape index (κ2) is 7.28. The van der Waals surface area contributed by atoms with E-state index < -0.39 is 0 Å². The molecule has 0 spiro atoms. The summed E-state index contributed by atoms with van der Waals surface area (Å²) in [6, 6.07) is 18.9. The van der Waals surface area contributed by atoms with Gasteiger partial charge in [-0.25, -0.2) is 4.98 Å². The summed E-state index contributed by atoms with van der Waals surface area (Å²) in [7, 11) is 0. The summed E-state index contributed by atoms with van der Waals surface area (Å²) >= 11 is 3.52. The van der Waals surface area contributed by atoms with Gasteiger partial charge in [-0.3, -0.25) is 0 Å². The minimum atomic E-state index is 0.891. The first-order valence-electron chi connectivity index (χ1n) is 8.59. The van der Waals surface area contributed by atoms with E-state index in [-0.39, 0.29) is 0 Å². The highest BCUT2D eigenvalue weighted by Crippen LogP contribution is 2.25. The molecular formula is C21H20BrN3. The van der Waals surface area contributed by atoms with Crippen molar-refractivity contribution in [2.45, 2.75) is 19.4 Å². The maximum absolute atomic E-state index is 4.73. The normalized spacial score (nSPS) is 13.1. The molecule has 0 bridgehead atoms. The second-order valence-electron chi connectivity index (χ2n) is 6.33. The summed E-state index contributed by atoms with van der Waals surface area (Å²) in [5.74, 6) is 0.932. The molecule has 1 aliphatic rings. The van der Waals surface area contributed by atoms with Crippen molar-refractivity contribution in [1.29, 1.82) is 0 Å². The number of aryl methyl sites for hydroxylation is 1. The van der Waals surface area contributed by atoms with E-state index in [0.717, 1.165) is 47.5 Å². The Morgan fingerprint density at radius 3 is 2.80 bits per heavy atom. The van der Waals surface area contributed by atoms with Gasteiger partial charge in [0, 0.05) is 22.8 Å². The fraction of sp³-hybridized carbons (Fsp3) is 0.190. The number of rotatable bonds is 5. The fourth-order valence-corrected chi connectivity index (χ4v) is 3.57. The standard InChI is InChI=1S/C21H20BrN3/c22-18-10-4-9-17(14-18)21-23-19-11-13-25(15-20(19)24-21)12-5-8-16-6-2-1-3-7-16/h1-4,6-7,9-11,13-14H,5,8,12,15H2,(H,23,24). The number of H-pyrrole nitrogens is 1. The van der Waals surface area contributed by atoms with Crippen molar-refractivity contribution >= 4 is 22.0 Å². The zero-order valence-electron chi connectivity index (χ0n) is 14.0. The van der Waals surface area contributed by atoms with E-state index in [0.29, 0.717) is 0 Å². The van der Waals surface area contributed by atoms with Crippen LogP contribution >= 0.6 is 15.9 Å². The van der Waals surface area contributed by atoms with Gasteiger partial charge in [-0.2, -0.15) is 0 Å². The number of nitrogens with zero attached hydrogens (tertiary/aromatic N) is 2. The molecule has 0 saturated heterocycles. The van der Waals surface area contributed by atoms with E-state index in [9.17, 15) is 0 Å². The number of imidazole rings is 1. The van der Waals surface area contributed by atoms with Crippen LogP contribution in [0.1, 0.15) is 23.4 Å². The molecule has 0 radical (unpaired) electrons. The first-order valence-corrected chi connectivity index (χ1v) is 9.38. The van der Waals surface area contributed by atoms with Crippen molar-refractivity contribution in [3.63, 3.8) is 0 Å². The van der Waals surface area contributed by atoms with Gasteiger partial charge in [-0.15, -0.1) is 0 Å². The smallest absolute Gasteiger partial charge is 0.138 e. The van der Waals surface area contributed by atoms with Crippen LogP contribution in [0.5, 0.6) is 0 Å². The summed E-state index contributed by atoms with van der Waals surface area (Å²) in [5, 5.41) is 0. The summed E-state index contributed by atoms with van der Waals surface area (Å²) in [6.07, 6.45) is 6.54. The highest BCUT2D eigenvalue weighted by atomic mass is 79.9. The first-order chi connectivity index (χ1) is 12.3. The molecule has 2 heterocycles. The van der Waals surface area contributed by atoms with E-state index in [4.69, 9.17) is 4.98 Å². The van der Waals surface area contributed by atoms with Gasteiger partial charge >= 0.3 is 0 Å².